The first-order chi connectivity index (χ1) is 24.9. The van der Waals surface area contributed by atoms with Gasteiger partial charge in [0.15, 0.2) is 0 Å². The maximum absolute atomic E-state index is 14.1. The highest BCUT2D eigenvalue weighted by Crippen LogP contribution is 2.30. The van der Waals surface area contributed by atoms with Crippen molar-refractivity contribution in [2.75, 3.05) is 34.9 Å². The normalized spacial score (nSPS) is 19.1. The molecule has 4 N–H and O–H groups in total. The van der Waals surface area contributed by atoms with Crippen LogP contribution in [0.3, 0.4) is 0 Å². The number of amides is 4. The van der Waals surface area contributed by atoms with Gasteiger partial charge in [-0.2, -0.15) is 0 Å². The summed E-state index contributed by atoms with van der Waals surface area (Å²) in [5, 5.41) is 18.4. The van der Waals surface area contributed by atoms with Crippen molar-refractivity contribution in [2.45, 2.75) is 123 Å². The molecule has 9 atom stereocenters. The smallest absolute Gasteiger partial charge is 0.326 e. The second kappa shape index (κ2) is 21.3. The third-order valence-corrected chi connectivity index (χ3v) is 10.7. The van der Waals surface area contributed by atoms with Gasteiger partial charge in [-0.1, -0.05) is 67.0 Å². The Balaban J connectivity index is 2.27. The van der Waals surface area contributed by atoms with Crippen LogP contribution in [0, 0.1) is 29.5 Å². The van der Waals surface area contributed by atoms with E-state index in [0.717, 1.165) is 0 Å². The number of halogens is 1. The van der Waals surface area contributed by atoms with E-state index in [1.165, 1.54) is 32.4 Å². The van der Waals surface area contributed by atoms with Crippen LogP contribution in [0.5, 0.6) is 0 Å². The van der Waals surface area contributed by atoms with Crippen molar-refractivity contribution < 1.29 is 42.9 Å². The number of likely N-dealkylation sites (tertiary alicyclic amines) is 1. The number of ether oxygens (including phenoxy) is 2. The molecule has 1 unspecified atom stereocenters. The molecule has 0 saturated carbocycles. The largest absolute Gasteiger partial charge is 0.480 e. The Morgan fingerprint density at radius 3 is 2.13 bits per heavy atom. The lowest BCUT2D eigenvalue weighted by molar-refractivity contribution is -0.148. The molecule has 4 amide bonds. The number of hydrogen-bond acceptors (Lipinski definition) is 8. The van der Waals surface area contributed by atoms with E-state index in [1.54, 1.807) is 36.9 Å². The molecule has 1 aromatic rings. The Bertz CT molecular complexity index is 1380. The maximum atomic E-state index is 14.1. The van der Waals surface area contributed by atoms with E-state index in [4.69, 9.17) is 9.47 Å². The van der Waals surface area contributed by atoms with Gasteiger partial charge >= 0.3 is 5.97 Å². The van der Waals surface area contributed by atoms with Crippen LogP contribution in [-0.4, -0.2) is 122 Å². The molecule has 1 aromatic carbocycles. The van der Waals surface area contributed by atoms with Gasteiger partial charge in [0, 0.05) is 34.2 Å². The van der Waals surface area contributed by atoms with E-state index in [9.17, 15) is 33.5 Å². The quantitative estimate of drug-likeness (QED) is 0.148. The minimum Gasteiger partial charge on any atom is -0.480 e. The summed E-state index contributed by atoms with van der Waals surface area (Å²) >= 11 is 0. The van der Waals surface area contributed by atoms with E-state index >= 15 is 0 Å². The minimum absolute atomic E-state index is 0.00955. The Morgan fingerprint density at radius 2 is 1.62 bits per heavy atom. The molecule has 53 heavy (non-hydrogen) atoms. The summed E-state index contributed by atoms with van der Waals surface area (Å²) in [5.74, 6) is -4.18. The van der Waals surface area contributed by atoms with E-state index in [1.807, 2.05) is 41.5 Å². The SMILES string of the molecule is CC[C@H](C)C([C@@H](CC(=O)N1CCC[C@H]1[C@H](OC)[C@@H](C)C(=O)N[C@@H](Cc1cccc(F)c1)C(=O)O)OC)N(C)C(=O)[C@@H](NC(=O)[C@@H](NC)C(C)C)C(C)C. The number of nitrogens with zero attached hydrogens (tertiary/aromatic N) is 2. The number of carbonyl (C=O) groups is 5. The average molecular weight is 750 g/mol. The molecule has 14 heteroatoms. The molecule has 1 aliphatic heterocycles. The second-order valence-electron chi connectivity index (χ2n) is 15.1. The van der Waals surface area contributed by atoms with Crippen LogP contribution in [0.4, 0.5) is 4.39 Å². The zero-order valence-electron chi connectivity index (χ0n) is 33.5. The van der Waals surface area contributed by atoms with E-state index in [0.29, 0.717) is 31.4 Å². The molecule has 0 aliphatic carbocycles. The number of carbonyl (C=O) groups excluding carboxylic acids is 4. The fraction of sp³-hybridized carbons (Fsp3) is 0.718. The summed E-state index contributed by atoms with van der Waals surface area (Å²) in [7, 11) is 6.37. The van der Waals surface area contributed by atoms with E-state index in [-0.39, 0.29) is 48.3 Å². The Morgan fingerprint density at radius 1 is 0.981 bits per heavy atom. The van der Waals surface area contributed by atoms with Gasteiger partial charge in [-0.25, -0.2) is 9.18 Å². The third kappa shape index (κ3) is 12.2. The highest BCUT2D eigenvalue weighted by molar-refractivity contribution is 5.90. The van der Waals surface area contributed by atoms with Crippen molar-refractivity contribution in [3.63, 3.8) is 0 Å². The molecule has 0 aromatic heterocycles. The van der Waals surface area contributed by atoms with Gasteiger partial charge < -0.3 is 40.3 Å². The van der Waals surface area contributed by atoms with Gasteiger partial charge in [-0.15, -0.1) is 0 Å². The first-order valence-electron chi connectivity index (χ1n) is 18.8. The molecule has 1 saturated heterocycles. The lowest BCUT2D eigenvalue weighted by Crippen LogP contribution is -2.59. The highest BCUT2D eigenvalue weighted by atomic mass is 19.1. The van der Waals surface area contributed by atoms with Crippen LogP contribution < -0.4 is 16.0 Å². The number of carboxylic acids is 1. The third-order valence-electron chi connectivity index (χ3n) is 10.7. The average Bonchev–Trinajstić information content (AvgIpc) is 3.59. The number of aliphatic carboxylic acids is 1. The van der Waals surface area contributed by atoms with Gasteiger partial charge in [-0.05, 0) is 55.3 Å². The molecule has 1 heterocycles. The molecule has 0 radical (unpaired) electrons. The van der Waals surface area contributed by atoms with Crippen molar-refractivity contribution in [1.29, 1.82) is 0 Å². The zero-order chi connectivity index (χ0) is 40.2. The van der Waals surface area contributed by atoms with E-state index in [2.05, 4.69) is 16.0 Å². The van der Waals surface area contributed by atoms with Crippen LogP contribution in [0.25, 0.3) is 0 Å². The molecule has 0 spiro atoms. The number of methoxy groups -OCH3 is 2. The van der Waals surface area contributed by atoms with Crippen molar-refractivity contribution in [1.82, 2.24) is 25.8 Å². The van der Waals surface area contributed by atoms with Gasteiger partial charge in [0.05, 0.1) is 42.7 Å². The molecule has 300 valence electrons. The first-order valence-corrected chi connectivity index (χ1v) is 18.8. The van der Waals surface area contributed by atoms with Crippen LogP contribution >= 0.6 is 0 Å². The van der Waals surface area contributed by atoms with Crippen LogP contribution in [0.2, 0.25) is 0 Å². The molecule has 0 bridgehead atoms. The molecular formula is C39H64FN5O8. The summed E-state index contributed by atoms with van der Waals surface area (Å²) < 4.78 is 25.5. The van der Waals surface area contributed by atoms with Crippen molar-refractivity contribution in [3.8, 4) is 0 Å². The Labute approximate surface area is 315 Å². The van der Waals surface area contributed by atoms with Crippen molar-refractivity contribution >= 4 is 29.6 Å². The molecular weight excluding hydrogens is 685 g/mol. The highest BCUT2D eigenvalue weighted by Gasteiger charge is 2.43. The summed E-state index contributed by atoms with van der Waals surface area (Å²) in [6.45, 7) is 13.7. The summed E-state index contributed by atoms with van der Waals surface area (Å²) in [5.41, 5.74) is 0.426. The van der Waals surface area contributed by atoms with Crippen LogP contribution in [0.15, 0.2) is 24.3 Å². The topological polar surface area (TPSA) is 167 Å². The predicted molar refractivity (Wildman–Crippen MR) is 200 cm³/mol. The van der Waals surface area contributed by atoms with Gasteiger partial charge in [0.1, 0.15) is 17.9 Å². The lowest BCUT2D eigenvalue weighted by atomic mass is 9.89. The van der Waals surface area contributed by atoms with Gasteiger partial charge in [0.25, 0.3) is 0 Å². The number of nitrogens with one attached hydrogen (secondary N) is 3. The molecule has 1 fully saturated rings. The fourth-order valence-corrected chi connectivity index (χ4v) is 7.45. The van der Waals surface area contributed by atoms with Gasteiger partial charge in [-0.3, -0.25) is 19.2 Å². The number of hydrogen-bond donors (Lipinski definition) is 4. The van der Waals surface area contributed by atoms with E-state index < -0.39 is 66.0 Å². The molecule has 13 nitrogen and oxygen atoms in total. The minimum atomic E-state index is -1.30. The first kappa shape index (κ1) is 45.5. The van der Waals surface area contributed by atoms with Crippen molar-refractivity contribution in [3.05, 3.63) is 35.6 Å². The monoisotopic (exact) mass is 749 g/mol. The predicted octanol–water partition coefficient (Wildman–Crippen LogP) is 3.24. The number of likely N-dealkylation sites (N-methyl/N-ethyl adjacent to an activating group) is 2. The standard InChI is InChI=1S/C39H64FN5O8/c1-12-24(6)34(44(9)38(49)33(23(4)5)43-37(48)32(41-8)22(2)3)30(52-10)21-31(46)45-18-14-17-29(45)35(53-11)25(7)36(47)42-28(39(50)51)20-26-15-13-16-27(40)19-26/h13,15-16,19,22-25,28-30,32-35,41H,12,14,17-18,20-21H2,1-11H3,(H,42,47)(H,43,48)(H,50,51)/t24-,25+,28-,29-,30+,32-,33-,34?,35+/m0/s1. The number of carboxylic acid groups (broad SMARTS) is 1. The number of rotatable bonds is 21. The van der Waals surface area contributed by atoms with Crippen LogP contribution in [-0.2, 0) is 39.9 Å². The fourth-order valence-electron chi connectivity index (χ4n) is 7.45. The zero-order valence-corrected chi connectivity index (χ0v) is 33.5. The maximum Gasteiger partial charge on any atom is 0.326 e. The lowest BCUT2D eigenvalue weighted by Gasteiger charge is -2.41. The summed E-state index contributed by atoms with van der Waals surface area (Å²) in [6, 6.07) is 2.02. The number of benzene rings is 1. The van der Waals surface area contributed by atoms with Gasteiger partial charge in [0.2, 0.25) is 23.6 Å². The molecule has 1 aliphatic rings. The van der Waals surface area contributed by atoms with Crippen LogP contribution in [0.1, 0.15) is 79.7 Å². The Kier molecular flexibility index (Phi) is 18.3. The summed E-state index contributed by atoms with van der Waals surface area (Å²) in [6.07, 6.45) is 0.360. The molecule has 2 rings (SSSR count). The Hall–Kier alpha value is -3.62. The van der Waals surface area contributed by atoms with Crippen molar-refractivity contribution in [2.24, 2.45) is 23.7 Å². The second-order valence-corrected chi connectivity index (χ2v) is 15.1. The summed E-state index contributed by atoms with van der Waals surface area (Å²) in [4.78, 5) is 70.2.